The van der Waals surface area contributed by atoms with Gasteiger partial charge in [0.15, 0.2) is 5.82 Å². The molecule has 0 radical (unpaired) electrons. The zero-order valence-corrected chi connectivity index (χ0v) is 15.4. The number of nitrogens with one attached hydrogen (secondary N) is 3. The fraction of sp³-hybridized carbons (Fsp3) is 0.353. The number of aromatic amines is 1. The van der Waals surface area contributed by atoms with E-state index in [1.165, 1.54) is 19.3 Å². The van der Waals surface area contributed by atoms with Crippen LogP contribution in [0.15, 0.2) is 24.8 Å². The summed E-state index contributed by atoms with van der Waals surface area (Å²) in [5.41, 5.74) is -0.504. The molecule has 3 aromatic heterocycles. The number of H-pyrrole nitrogens is 1. The monoisotopic (exact) mass is 411 g/mol. The van der Waals surface area contributed by atoms with E-state index in [0.717, 1.165) is 6.20 Å². The molecule has 0 aliphatic rings. The van der Waals surface area contributed by atoms with Crippen LogP contribution >= 0.6 is 0 Å². The lowest BCUT2D eigenvalue weighted by Crippen LogP contribution is -2.52. The largest absolute Gasteiger partial charge is 0.405 e. The average molecular weight is 411 g/mol. The van der Waals surface area contributed by atoms with E-state index in [0.29, 0.717) is 16.6 Å². The molecule has 8 nitrogen and oxygen atoms in total. The van der Waals surface area contributed by atoms with E-state index in [9.17, 15) is 22.4 Å². The van der Waals surface area contributed by atoms with E-state index >= 15 is 0 Å². The number of carbonyl (C=O) groups is 1. The third-order valence-electron chi connectivity index (χ3n) is 4.36. The van der Waals surface area contributed by atoms with Crippen LogP contribution in [0.2, 0.25) is 0 Å². The first-order chi connectivity index (χ1) is 13.6. The molecular weight excluding hydrogens is 394 g/mol. The summed E-state index contributed by atoms with van der Waals surface area (Å²) in [5, 5.41) is 5.06. The molecule has 3 N–H and O–H groups in total. The van der Waals surface area contributed by atoms with Crippen molar-refractivity contribution in [2.24, 2.45) is 0 Å². The highest BCUT2D eigenvalue weighted by Gasteiger charge is 2.35. The lowest BCUT2D eigenvalue weighted by atomic mass is 9.98. The average Bonchev–Trinajstić information content (AvgIpc) is 3.08. The van der Waals surface area contributed by atoms with Crippen LogP contribution < -0.4 is 10.6 Å². The minimum absolute atomic E-state index is 0.0137. The second-order valence-corrected chi connectivity index (χ2v) is 6.49. The summed E-state index contributed by atoms with van der Waals surface area (Å²) in [6.45, 7) is 1.63. The maximum atomic E-state index is 13.5. The van der Waals surface area contributed by atoms with Crippen molar-refractivity contribution in [1.29, 1.82) is 0 Å². The highest BCUT2D eigenvalue weighted by atomic mass is 19.4. The molecule has 0 aliphatic heterocycles. The van der Waals surface area contributed by atoms with E-state index in [-0.39, 0.29) is 18.2 Å². The zero-order valence-electron chi connectivity index (χ0n) is 15.4. The predicted molar refractivity (Wildman–Crippen MR) is 96.3 cm³/mol. The Balaban J connectivity index is 1.86. The van der Waals surface area contributed by atoms with E-state index in [1.54, 1.807) is 13.1 Å². The minimum atomic E-state index is -4.52. The van der Waals surface area contributed by atoms with Crippen molar-refractivity contribution in [3.63, 3.8) is 0 Å². The van der Waals surface area contributed by atoms with Crippen LogP contribution in [-0.2, 0) is 4.79 Å². The van der Waals surface area contributed by atoms with E-state index in [2.05, 4.69) is 30.2 Å². The third kappa shape index (κ3) is 4.58. The van der Waals surface area contributed by atoms with Crippen molar-refractivity contribution >= 4 is 22.9 Å². The van der Waals surface area contributed by atoms with Gasteiger partial charge in [-0.2, -0.15) is 18.2 Å². The van der Waals surface area contributed by atoms with Crippen LogP contribution in [0.1, 0.15) is 20.3 Å². The highest BCUT2D eigenvalue weighted by molar-refractivity contribution is 5.92. The first kappa shape index (κ1) is 20.4. The standard InChI is InChI=1S/C17H17F4N7O/c1-3-16(2,14(29)24-7-17(19,20)21)28-15-26-8-25-13(27-15)11-6-23-12-10(11)4-9(18)5-22-12/h4-6,8H,3,7H2,1-2H3,(H,22,23)(H,24,29)(H,25,26,27,28)/t16-/m1/s1. The van der Waals surface area contributed by atoms with Gasteiger partial charge in [-0.3, -0.25) is 4.79 Å². The summed E-state index contributed by atoms with van der Waals surface area (Å²) in [7, 11) is 0. The molecule has 3 rings (SSSR count). The maximum Gasteiger partial charge on any atom is 0.405 e. The zero-order chi connectivity index (χ0) is 21.2. The number of carbonyl (C=O) groups excluding carboxylic acids is 1. The lowest BCUT2D eigenvalue weighted by molar-refractivity contribution is -0.140. The Labute approximate surface area is 162 Å². The van der Waals surface area contributed by atoms with Crippen molar-refractivity contribution in [1.82, 2.24) is 30.2 Å². The third-order valence-corrected chi connectivity index (χ3v) is 4.36. The second kappa shape index (κ2) is 7.60. The highest BCUT2D eigenvalue weighted by Crippen LogP contribution is 2.26. The summed E-state index contributed by atoms with van der Waals surface area (Å²) < 4.78 is 50.7. The summed E-state index contributed by atoms with van der Waals surface area (Å²) in [6.07, 6.45) is -0.566. The Morgan fingerprint density at radius 3 is 2.69 bits per heavy atom. The van der Waals surface area contributed by atoms with Gasteiger partial charge in [0.25, 0.3) is 0 Å². The topological polar surface area (TPSA) is 108 Å². The molecule has 154 valence electrons. The molecule has 0 aromatic carbocycles. The molecule has 0 unspecified atom stereocenters. The smallest absolute Gasteiger partial charge is 0.345 e. The van der Waals surface area contributed by atoms with E-state index < -0.39 is 30.0 Å². The van der Waals surface area contributed by atoms with Crippen molar-refractivity contribution in [3.8, 4) is 11.4 Å². The van der Waals surface area contributed by atoms with Crippen molar-refractivity contribution in [2.75, 3.05) is 11.9 Å². The van der Waals surface area contributed by atoms with Crippen molar-refractivity contribution in [2.45, 2.75) is 32.0 Å². The van der Waals surface area contributed by atoms with Crippen molar-refractivity contribution < 1.29 is 22.4 Å². The van der Waals surface area contributed by atoms with Crippen LogP contribution in [0.5, 0.6) is 0 Å². The van der Waals surface area contributed by atoms with Gasteiger partial charge in [-0.05, 0) is 19.4 Å². The van der Waals surface area contributed by atoms with Gasteiger partial charge in [-0.1, -0.05) is 6.92 Å². The number of aromatic nitrogens is 5. The van der Waals surface area contributed by atoms with Gasteiger partial charge >= 0.3 is 6.18 Å². The Hall–Kier alpha value is -3.31. The van der Waals surface area contributed by atoms with Gasteiger partial charge in [-0.15, -0.1) is 0 Å². The fourth-order valence-corrected chi connectivity index (χ4v) is 2.58. The molecular formula is C17H17F4N7O. The maximum absolute atomic E-state index is 13.5. The molecule has 12 heteroatoms. The summed E-state index contributed by atoms with van der Waals surface area (Å²) >= 11 is 0. The van der Waals surface area contributed by atoms with Crippen molar-refractivity contribution in [3.05, 3.63) is 30.6 Å². The number of halogens is 4. The molecule has 0 spiro atoms. The number of amides is 1. The number of hydrogen-bond acceptors (Lipinski definition) is 6. The molecule has 1 amide bonds. The van der Waals surface area contributed by atoms with Gasteiger partial charge in [0.05, 0.1) is 6.20 Å². The Morgan fingerprint density at radius 2 is 2.00 bits per heavy atom. The first-order valence-electron chi connectivity index (χ1n) is 8.56. The quantitative estimate of drug-likeness (QED) is 0.539. The molecule has 3 heterocycles. The molecule has 0 saturated heterocycles. The lowest BCUT2D eigenvalue weighted by Gasteiger charge is -2.28. The summed E-state index contributed by atoms with van der Waals surface area (Å²) in [4.78, 5) is 31.3. The van der Waals surface area contributed by atoms with Crippen LogP contribution in [0.4, 0.5) is 23.5 Å². The van der Waals surface area contributed by atoms with Gasteiger partial charge in [0.1, 0.15) is 29.9 Å². The van der Waals surface area contributed by atoms with Crippen LogP contribution in [0, 0.1) is 5.82 Å². The van der Waals surface area contributed by atoms with E-state index in [4.69, 9.17) is 0 Å². The molecule has 0 saturated carbocycles. The summed E-state index contributed by atoms with van der Waals surface area (Å²) in [5.74, 6) is -1.22. The molecule has 0 fully saturated rings. The van der Waals surface area contributed by atoms with Crippen LogP contribution in [-0.4, -0.2) is 49.1 Å². The Bertz CT molecular complexity index is 1040. The number of alkyl halides is 3. The first-order valence-corrected chi connectivity index (χ1v) is 8.56. The SMILES string of the molecule is CC[C@@](C)(Nc1ncnc(-c2c[nH]c3ncc(F)cc23)n1)C(=O)NCC(F)(F)F. The summed E-state index contributed by atoms with van der Waals surface area (Å²) in [6, 6.07) is 1.27. The second-order valence-electron chi connectivity index (χ2n) is 6.49. The van der Waals surface area contributed by atoms with Gasteiger partial charge in [0, 0.05) is 17.1 Å². The molecule has 0 aliphatic carbocycles. The number of hydrogen-bond donors (Lipinski definition) is 3. The fourth-order valence-electron chi connectivity index (χ4n) is 2.58. The number of rotatable bonds is 6. The minimum Gasteiger partial charge on any atom is -0.345 e. The number of pyridine rings is 1. The van der Waals surface area contributed by atoms with Gasteiger partial charge < -0.3 is 15.6 Å². The number of anilines is 1. The van der Waals surface area contributed by atoms with Gasteiger partial charge in [-0.25, -0.2) is 19.3 Å². The Kier molecular flexibility index (Phi) is 5.36. The predicted octanol–water partition coefficient (Wildman–Crippen LogP) is 2.81. The normalized spacial score (nSPS) is 13.9. The Morgan fingerprint density at radius 1 is 1.24 bits per heavy atom. The molecule has 3 aromatic rings. The van der Waals surface area contributed by atoms with Gasteiger partial charge in [0.2, 0.25) is 11.9 Å². The van der Waals surface area contributed by atoms with Crippen LogP contribution in [0.3, 0.4) is 0 Å². The molecule has 0 bridgehead atoms. The molecule has 1 atom stereocenters. The van der Waals surface area contributed by atoms with E-state index in [1.807, 2.05) is 5.32 Å². The molecule has 29 heavy (non-hydrogen) atoms. The number of nitrogens with zero attached hydrogens (tertiary/aromatic N) is 4. The van der Waals surface area contributed by atoms with Crippen LogP contribution in [0.25, 0.3) is 22.4 Å². The number of fused-ring (bicyclic) bond motifs is 1.